The van der Waals surface area contributed by atoms with E-state index >= 15 is 0 Å². The Labute approximate surface area is 121 Å². The largest absolute Gasteiger partial charge is 0.468 e. The molecule has 0 fully saturated rings. The Morgan fingerprint density at radius 3 is 2.80 bits per heavy atom. The molecule has 0 saturated heterocycles. The van der Waals surface area contributed by atoms with E-state index in [1.807, 2.05) is 44.2 Å². The summed E-state index contributed by atoms with van der Waals surface area (Å²) in [6.45, 7) is 4.79. The highest BCUT2D eigenvalue weighted by atomic mass is 32.2. The van der Waals surface area contributed by atoms with E-state index in [0.29, 0.717) is 5.95 Å². The summed E-state index contributed by atoms with van der Waals surface area (Å²) in [7, 11) is 0. The van der Waals surface area contributed by atoms with Crippen molar-refractivity contribution in [2.75, 3.05) is 11.9 Å². The van der Waals surface area contributed by atoms with E-state index in [4.69, 9.17) is 4.42 Å². The number of aromatic nitrogens is 2. The second-order valence-electron chi connectivity index (χ2n) is 4.34. The van der Waals surface area contributed by atoms with Crippen molar-refractivity contribution in [1.82, 2.24) is 9.97 Å². The van der Waals surface area contributed by atoms with Gasteiger partial charge in [-0.15, -0.1) is 0 Å². The van der Waals surface area contributed by atoms with Crippen molar-refractivity contribution in [3.05, 3.63) is 42.4 Å². The number of anilines is 1. The van der Waals surface area contributed by atoms with Crippen LogP contribution in [0.25, 0.3) is 10.9 Å². The first-order chi connectivity index (χ1) is 9.78. The molecular formula is C15H15N3OS. The van der Waals surface area contributed by atoms with Gasteiger partial charge in [-0.1, -0.05) is 30.0 Å². The van der Waals surface area contributed by atoms with Gasteiger partial charge in [-0.2, -0.15) is 0 Å². The van der Waals surface area contributed by atoms with Gasteiger partial charge >= 0.3 is 0 Å². The number of furan rings is 1. The smallest absolute Gasteiger partial charge is 0.224 e. The zero-order valence-corrected chi connectivity index (χ0v) is 12.2. The normalized spacial score (nSPS) is 10.9. The van der Waals surface area contributed by atoms with Gasteiger partial charge in [-0.05, 0) is 26.0 Å². The number of nitrogens with zero attached hydrogens (tertiary/aromatic N) is 2. The first-order valence-corrected chi connectivity index (χ1v) is 7.32. The van der Waals surface area contributed by atoms with Crippen LogP contribution in [-0.4, -0.2) is 16.5 Å². The van der Waals surface area contributed by atoms with Gasteiger partial charge in [0.2, 0.25) is 5.95 Å². The first-order valence-electron chi connectivity index (χ1n) is 6.50. The SMILES string of the molecule is CCNc1nc(Sc2ccoc2C)c2ccccc2n1. The molecule has 102 valence electrons. The van der Waals surface area contributed by atoms with Crippen LogP contribution in [0.3, 0.4) is 0 Å². The molecule has 2 heterocycles. The zero-order chi connectivity index (χ0) is 13.9. The van der Waals surface area contributed by atoms with E-state index in [0.717, 1.165) is 33.1 Å². The molecule has 0 spiro atoms. The van der Waals surface area contributed by atoms with Gasteiger partial charge in [0.25, 0.3) is 0 Å². The highest BCUT2D eigenvalue weighted by molar-refractivity contribution is 7.99. The van der Waals surface area contributed by atoms with Crippen molar-refractivity contribution >= 4 is 28.6 Å². The predicted octanol–water partition coefficient (Wildman–Crippen LogP) is 4.11. The molecule has 2 aromatic heterocycles. The Morgan fingerprint density at radius 2 is 2.05 bits per heavy atom. The monoisotopic (exact) mass is 285 g/mol. The molecule has 20 heavy (non-hydrogen) atoms. The lowest BCUT2D eigenvalue weighted by atomic mass is 10.2. The average molecular weight is 285 g/mol. The lowest BCUT2D eigenvalue weighted by Gasteiger charge is -2.08. The third kappa shape index (κ3) is 2.49. The number of para-hydroxylation sites is 1. The minimum Gasteiger partial charge on any atom is -0.468 e. The summed E-state index contributed by atoms with van der Waals surface area (Å²) in [5.74, 6) is 1.57. The number of nitrogens with one attached hydrogen (secondary N) is 1. The fourth-order valence-corrected chi connectivity index (χ4v) is 2.88. The highest BCUT2D eigenvalue weighted by Gasteiger charge is 2.11. The molecule has 0 unspecified atom stereocenters. The van der Waals surface area contributed by atoms with Crippen molar-refractivity contribution in [2.45, 2.75) is 23.8 Å². The van der Waals surface area contributed by atoms with Crippen LogP contribution in [0, 0.1) is 6.92 Å². The summed E-state index contributed by atoms with van der Waals surface area (Å²) < 4.78 is 5.35. The maximum Gasteiger partial charge on any atom is 0.224 e. The Hall–Kier alpha value is -2.01. The zero-order valence-electron chi connectivity index (χ0n) is 11.4. The third-order valence-corrected chi connectivity index (χ3v) is 4.07. The maximum atomic E-state index is 5.35. The van der Waals surface area contributed by atoms with Crippen LogP contribution in [0.1, 0.15) is 12.7 Å². The molecule has 1 aromatic carbocycles. The molecule has 0 aliphatic carbocycles. The van der Waals surface area contributed by atoms with Gasteiger partial charge in [0, 0.05) is 11.9 Å². The minimum absolute atomic E-state index is 0.662. The van der Waals surface area contributed by atoms with Gasteiger partial charge in [0.1, 0.15) is 10.8 Å². The second kappa shape index (κ2) is 5.54. The van der Waals surface area contributed by atoms with Gasteiger partial charge < -0.3 is 9.73 Å². The highest BCUT2D eigenvalue weighted by Crippen LogP contribution is 2.34. The summed E-state index contributed by atoms with van der Waals surface area (Å²) >= 11 is 1.61. The van der Waals surface area contributed by atoms with E-state index in [9.17, 15) is 0 Å². The molecule has 1 N–H and O–H groups in total. The number of benzene rings is 1. The topological polar surface area (TPSA) is 51.0 Å². The second-order valence-corrected chi connectivity index (χ2v) is 5.37. The Kier molecular flexibility index (Phi) is 3.60. The van der Waals surface area contributed by atoms with Gasteiger partial charge in [0.05, 0.1) is 16.7 Å². The first kappa shape index (κ1) is 13.0. The average Bonchev–Trinajstić information content (AvgIpc) is 2.85. The predicted molar refractivity (Wildman–Crippen MR) is 81.3 cm³/mol. The lowest BCUT2D eigenvalue weighted by molar-refractivity contribution is 0.527. The lowest BCUT2D eigenvalue weighted by Crippen LogP contribution is -2.03. The van der Waals surface area contributed by atoms with Crippen LogP contribution >= 0.6 is 11.8 Å². The number of fused-ring (bicyclic) bond motifs is 1. The van der Waals surface area contributed by atoms with Gasteiger partial charge in [-0.3, -0.25) is 0 Å². The van der Waals surface area contributed by atoms with Crippen molar-refractivity contribution in [2.24, 2.45) is 0 Å². The summed E-state index contributed by atoms with van der Waals surface area (Å²) in [6, 6.07) is 10.0. The number of hydrogen-bond donors (Lipinski definition) is 1. The molecule has 0 saturated carbocycles. The van der Waals surface area contributed by atoms with Crippen molar-refractivity contribution in [3.8, 4) is 0 Å². The number of hydrogen-bond acceptors (Lipinski definition) is 5. The summed E-state index contributed by atoms with van der Waals surface area (Å²) in [6.07, 6.45) is 1.70. The molecule has 0 radical (unpaired) electrons. The van der Waals surface area contributed by atoms with Crippen LogP contribution in [0.15, 0.2) is 50.9 Å². The Bertz CT molecular complexity index is 739. The van der Waals surface area contributed by atoms with E-state index < -0.39 is 0 Å². The Balaban J connectivity index is 2.09. The van der Waals surface area contributed by atoms with E-state index in [2.05, 4.69) is 15.3 Å². The number of aryl methyl sites for hydroxylation is 1. The molecule has 5 heteroatoms. The van der Waals surface area contributed by atoms with E-state index in [1.165, 1.54) is 0 Å². The van der Waals surface area contributed by atoms with E-state index in [1.54, 1.807) is 18.0 Å². The van der Waals surface area contributed by atoms with Crippen LogP contribution in [0.5, 0.6) is 0 Å². The van der Waals surface area contributed by atoms with Crippen molar-refractivity contribution < 1.29 is 4.42 Å². The molecular weight excluding hydrogens is 270 g/mol. The fraction of sp³-hybridized carbons (Fsp3) is 0.200. The summed E-state index contributed by atoms with van der Waals surface area (Å²) in [5.41, 5.74) is 0.946. The standard InChI is InChI=1S/C15H15N3OS/c1-3-16-15-17-12-7-5-4-6-11(12)14(18-15)20-13-8-9-19-10(13)2/h4-9H,3H2,1-2H3,(H,16,17,18). The molecule has 0 aliphatic rings. The van der Waals surface area contributed by atoms with Crippen LogP contribution in [0.2, 0.25) is 0 Å². The summed E-state index contributed by atoms with van der Waals surface area (Å²) in [4.78, 5) is 10.2. The molecule has 4 nitrogen and oxygen atoms in total. The van der Waals surface area contributed by atoms with Crippen molar-refractivity contribution in [1.29, 1.82) is 0 Å². The van der Waals surface area contributed by atoms with E-state index in [-0.39, 0.29) is 0 Å². The van der Waals surface area contributed by atoms with Crippen LogP contribution in [-0.2, 0) is 0 Å². The van der Waals surface area contributed by atoms with Gasteiger partial charge in [-0.25, -0.2) is 9.97 Å². The quantitative estimate of drug-likeness (QED) is 0.731. The number of rotatable bonds is 4. The molecule has 0 aliphatic heterocycles. The Morgan fingerprint density at radius 1 is 1.20 bits per heavy atom. The molecule has 0 atom stereocenters. The van der Waals surface area contributed by atoms with Gasteiger partial charge in [0.15, 0.2) is 0 Å². The molecule has 3 rings (SSSR count). The molecule has 0 bridgehead atoms. The maximum absolute atomic E-state index is 5.35. The van der Waals surface area contributed by atoms with Crippen molar-refractivity contribution in [3.63, 3.8) is 0 Å². The molecule has 0 amide bonds. The fourth-order valence-electron chi connectivity index (χ4n) is 1.95. The van der Waals surface area contributed by atoms with Crippen LogP contribution < -0.4 is 5.32 Å². The molecule has 3 aromatic rings. The minimum atomic E-state index is 0.662. The third-order valence-electron chi connectivity index (χ3n) is 2.92. The summed E-state index contributed by atoms with van der Waals surface area (Å²) in [5, 5.41) is 5.17. The van der Waals surface area contributed by atoms with Crippen LogP contribution in [0.4, 0.5) is 5.95 Å².